The van der Waals surface area contributed by atoms with Crippen LogP contribution in [-0.4, -0.2) is 6.29 Å². The van der Waals surface area contributed by atoms with E-state index in [2.05, 4.69) is 0 Å². The van der Waals surface area contributed by atoms with Crippen LogP contribution in [0, 0.1) is 0 Å². The normalized spacial score (nSPS) is 11.0. The number of carbonyl (C=O) groups is 1. The van der Waals surface area contributed by atoms with Crippen LogP contribution >= 0.6 is 0 Å². The number of carbonyl (C=O) groups excluding carboxylic acids is 1. The van der Waals surface area contributed by atoms with Gasteiger partial charge in [0.25, 0.3) is 0 Å². The number of rotatable bonds is 2. The summed E-state index contributed by atoms with van der Waals surface area (Å²) in [5.74, 6) is 0. The van der Waals surface area contributed by atoms with E-state index >= 15 is 0 Å². The SMILES string of the molecule is C/C=C\C=C\C=O. The van der Waals surface area contributed by atoms with Gasteiger partial charge in [0.1, 0.15) is 6.29 Å². The molecule has 0 aliphatic heterocycles. The summed E-state index contributed by atoms with van der Waals surface area (Å²) in [6, 6.07) is 0. The minimum Gasteiger partial charge on any atom is -0.299 e. The van der Waals surface area contributed by atoms with Crippen molar-refractivity contribution in [3.05, 3.63) is 24.3 Å². The molecule has 0 fully saturated rings. The molecule has 0 amide bonds. The Morgan fingerprint density at radius 2 is 1.86 bits per heavy atom. The third-order valence-electron chi connectivity index (χ3n) is 0.493. The van der Waals surface area contributed by atoms with Crippen molar-refractivity contribution in [1.29, 1.82) is 0 Å². The summed E-state index contributed by atoms with van der Waals surface area (Å²) in [5, 5.41) is 0. The van der Waals surface area contributed by atoms with Crippen LogP contribution in [0.15, 0.2) is 24.3 Å². The van der Waals surface area contributed by atoms with Gasteiger partial charge in [0, 0.05) is 0 Å². The van der Waals surface area contributed by atoms with E-state index in [1.807, 2.05) is 13.0 Å². The molecule has 0 atom stereocenters. The van der Waals surface area contributed by atoms with Crippen molar-refractivity contribution < 1.29 is 4.79 Å². The van der Waals surface area contributed by atoms with Gasteiger partial charge in [-0.2, -0.15) is 0 Å². The van der Waals surface area contributed by atoms with Crippen molar-refractivity contribution in [3.8, 4) is 0 Å². The Bertz CT molecular complexity index is 90.4. The van der Waals surface area contributed by atoms with Crippen molar-refractivity contribution in [1.82, 2.24) is 0 Å². The Morgan fingerprint density at radius 1 is 1.14 bits per heavy atom. The van der Waals surface area contributed by atoms with Crippen molar-refractivity contribution in [2.24, 2.45) is 0 Å². The van der Waals surface area contributed by atoms with Crippen LogP contribution in [0.1, 0.15) is 6.92 Å². The highest BCUT2D eigenvalue weighted by Gasteiger charge is 1.55. The molecular weight excluding hydrogens is 88.1 g/mol. The van der Waals surface area contributed by atoms with Gasteiger partial charge in [-0.15, -0.1) is 0 Å². The summed E-state index contributed by atoms with van der Waals surface area (Å²) in [4.78, 5) is 9.56. The lowest BCUT2D eigenvalue weighted by Gasteiger charge is -1.62. The predicted octanol–water partition coefficient (Wildman–Crippen LogP) is 1.32. The van der Waals surface area contributed by atoms with E-state index in [0.717, 1.165) is 6.29 Å². The molecule has 0 aromatic heterocycles. The number of hydrogen-bond acceptors (Lipinski definition) is 1. The van der Waals surface area contributed by atoms with Crippen LogP contribution < -0.4 is 0 Å². The molecule has 0 N–H and O–H groups in total. The molecule has 0 spiro atoms. The third kappa shape index (κ3) is 5.15. The maximum absolute atomic E-state index is 9.56. The van der Waals surface area contributed by atoms with Crippen molar-refractivity contribution in [2.45, 2.75) is 6.92 Å². The zero-order chi connectivity index (χ0) is 5.54. The first kappa shape index (κ1) is 6.15. The Kier molecular flexibility index (Phi) is 4.52. The molecular formula is C6H8O. The molecule has 38 valence electrons. The first-order chi connectivity index (χ1) is 3.41. The van der Waals surface area contributed by atoms with Crippen LogP contribution in [0.5, 0.6) is 0 Å². The Balaban J connectivity index is 3.27. The average molecular weight is 96.1 g/mol. The summed E-state index contributed by atoms with van der Waals surface area (Å²) < 4.78 is 0. The second-order valence-corrected chi connectivity index (χ2v) is 1.05. The zero-order valence-corrected chi connectivity index (χ0v) is 4.29. The van der Waals surface area contributed by atoms with E-state index in [0.29, 0.717) is 0 Å². The van der Waals surface area contributed by atoms with Crippen LogP contribution in [0.3, 0.4) is 0 Å². The molecule has 7 heavy (non-hydrogen) atoms. The van der Waals surface area contributed by atoms with Gasteiger partial charge in [0.05, 0.1) is 0 Å². The molecule has 1 nitrogen and oxygen atoms in total. The molecule has 0 aromatic carbocycles. The second-order valence-electron chi connectivity index (χ2n) is 1.05. The van der Waals surface area contributed by atoms with Crippen LogP contribution in [-0.2, 0) is 4.79 Å². The molecule has 0 saturated heterocycles. The predicted molar refractivity (Wildman–Crippen MR) is 30.0 cm³/mol. The monoisotopic (exact) mass is 96.1 g/mol. The first-order valence-electron chi connectivity index (χ1n) is 2.15. The van der Waals surface area contributed by atoms with Gasteiger partial charge >= 0.3 is 0 Å². The van der Waals surface area contributed by atoms with E-state index < -0.39 is 0 Å². The fraction of sp³-hybridized carbons (Fsp3) is 0.167. The molecule has 0 saturated carbocycles. The summed E-state index contributed by atoms with van der Waals surface area (Å²) in [6.07, 6.45) is 7.54. The van der Waals surface area contributed by atoms with Gasteiger partial charge in [0.15, 0.2) is 0 Å². The first-order valence-corrected chi connectivity index (χ1v) is 2.15. The largest absolute Gasteiger partial charge is 0.299 e. The quantitative estimate of drug-likeness (QED) is 0.288. The summed E-state index contributed by atoms with van der Waals surface area (Å²) in [6.45, 7) is 1.90. The van der Waals surface area contributed by atoms with Crippen LogP contribution in [0.4, 0.5) is 0 Å². The minimum absolute atomic E-state index is 0.750. The third-order valence-corrected chi connectivity index (χ3v) is 0.493. The Hall–Kier alpha value is -0.850. The highest BCUT2D eigenvalue weighted by molar-refractivity contribution is 5.65. The topological polar surface area (TPSA) is 17.1 Å². The molecule has 0 aliphatic rings. The molecule has 0 aromatic rings. The standard InChI is InChI=1S/C6H8O/c1-2-3-4-5-6-7/h2-6H,1H3/b3-2-,5-4+. The van der Waals surface area contributed by atoms with E-state index in [1.165, 1.54) is 6.08 Å². The van der Waals surface area contributed by atoms with Crippen molar-refractivity contribution >= 4 is 6.29 Å². The molecule has 0 unspecified atom stereocenters. The van der Waals surface area contributed by atoms with E-state index in [4.69, 9.17) is 0 Å². The molecule has 0 bridgehead atoms. The minimum atomic E-state index is 0.750. The van der Waals surface area contributed by atoms with Crippen LogP contribution in [0.25, 0.3) is 0 Å². The van der Waals surface area contributed by atoms with E-state index in [9.17, 15) is 4.79 Å². The molecule has 0 radical (unpaired) electrons. The van der Waals surface area contributed by atoms with Crippen molar-refractivity contribution in [3.63, 3.8) is 0 Å². The molecule has 0 aliphatic carbocycles. The highest BCUT2D eigenvalue weighted by atomic mass is 16.1. The summed E-state index contributed by atoms with van der Waals surface area (Å²) in [7, 11) is 0. The van der Waals surface area contributed by atoms with Gasteiger partial charge in [-0.25, -0.2) is 0 Å². The van der Waals surface area contributed by atoms with Gasteiger partial charge in [-0.1, -0.05) is 18.2 Å². The van der Waals surface area contributed by atoms with Crippen LogP contribution in [0.2, 0.25) is 0 Å². The second kappa shape index (κ2) is 5.15. The lowest BCUT2D eigenvalue weighted by molar-refractivity contribution is -0.104. The number of aldehydes is 1. The van der Waals surface area contributed by atoms with E-state index in [1.54, 1.807) is 12.2 Å². The smallest absolute Gasteiger partial charge is 0.142 e. The number of allylic oxidation sites excluding steroid dienone is 4. The summed E-state index contributed by atoms with van der Waals surface area (Å²) in [5.41, 5.74) is 0. The zero-order valence-electron chi connectivity index (χ0n) is 4.29. The molecule has 0 rings (SSSR count). The molecule has 1 heteroatoms. The van der Waals surface area contributed by atoms with Gasteiger partial charge in [0.2, 0.25) is 0 Å². The maximum atomic E-state index is 9.56. The fourth-order valence-corrected chi connectivity index (χ4v) is 0.221. The van der Waals surface area contributed by atoms with Crippen molar-refractivity contribution in [2.75, 3.05) is 0 Å². The Labute approximate surface area is 43.3 Å². The number of hydrogen-bond donors (Lipinski definition) is 0. The van der Waals surface area contributed by atoms with Gasteiger partial charge < -0.3 is 0 Å². The van der Waals surface area contributed by atoms with Gasteiger partial charge in [-0.05, 0) is 13.0 Å². The van der Waals surface area contributed by atoms with E-state index in [-0.39, 0.29) is 0 Å². The molecule has 0 heterocycles. The summed E-state index contributed by atoms with van der Waals surface area (Å²) >= 11 is 0. The average Bonchev–Trinajstić information content (AvgIpc) is 1.69. The Morgan fingerprint density at radius 3 is 2.29 bits per heavy atom. The lowest BCUT2D eigenvalue weighted by atomic mass is 10.5. The lowest BCUT2D eigenvalue weighted by Crippen LogP contribution is -1.53. The van der Waals surface area contributed by atoms with Gasteiger partial charge in [-0.3, -0.25) is 4.79 Å². The highest BCUT2D eigenvalue weighted by Crippen LogP contribution is 1.70. The maximum Gasteiger partial charge on any atom is 0.142 e. The fourth-order valence-electron chi connectivity index (χ4n) is 0.221.